The first-order chi connectivity index (χ1) is 10.7. The molecule has 0 saturated heterocycles. The van der Waals surface area contributed by atoms with E-state index in [1.165, 1.54) is 18.5 Å². The van der Waals surface area contributed by atoms with Crippen molar-refractivity contribution in [3.63, 3.8) is 0 Å². The molecule has 2 aromatic heterocycles. The summed E-state index contributed by atoms with van der Waals surface area (Å²) < 4.78 is 12.9. The Morgan fingerprint density at radius 3 is 2.91 bits per heavy atom. The number of nitrogens with zero attached hydrogens (tertiary/aromatic N) is 2. The van der Waals surface area contributed by atoms with Gasteiger partial charge in [0.05, 0.1) is 19.0 Å². The highest BCUT2D eigenvalue weighted by Gasteiger charge is 2.30. The maximum absolute atomic E-state index is 10.2. The van der Waals surface area contributed by atoms with Crippen LogP contribution >= 0.6 is 0 Å². The smallest absolute Gasteiger partial charge is 0.129 e. The van der Waals surface area contributed by atoms with E-state index in [1.54, 1.807) is 6.26 Å². The van der Waals surface area contributed by atoms with Crippen LogP contribution in [0.2, 0.25) is 0 Å². The Labute approximate surface area is 131 Å². The molecule has 0 bridgehead atoms. The van der Waals surface area contributed by atoms with E-state index >= 15 is 0 Å². The predicted molar refractivity (Wildman–Crippen MR) is 83.2 cm³/mol. The third kappa shape index (κ3) is 4.22. The van der Waals surface area contributed by atoms with Crippen molar-refractivity contribution in [1.82, 2.24) is 9.47 Å². The SMILES string of the molecule is Cn1cccc1CN(CC(O)COCc1ccco1)C1CC1. The second-order valence-electron chi connectivity index (χ2n) is 6.02. The Kier molecular flexibility index (Phi) is 4.97. The lowest BCUT2D eigenvalue weighted by Crippen LogP contribution is -2.36. The summed E-state index contributed by atoms with van der Waals surface area (Å²) in [7, 11) is 2.06. The van der Waals surface area contributed by atoms with Gasteiger partial charge >= 0.3 is 0 Å². The van der Waals surface area contributed by atoms with Gasteiger partial charge in [-0.05, 0) is 37.1 Å². The summed E-state index contributed by atoms with van der Waals surface area (Å²) in [6, 6.07) is 8.51. The van der Waals surface area contributed by atoms with Crippen LogP contribution in [-0.2, 0) is 24.9 Å². The van der Waals surface area contributed by atoms with E-state index in [1.807, 2.05) is 12.1 Å². The van der Waals surface area contributed by atoms with Crippen molar-refractivity contribution >= 4 is 0 Å². The molecule has 0 aromatic carbocycles. The van der Waals surface area contributed by atoms with E-state index in [2.05, 4.69) is 34.8 Å². The average Bonchev–Trinajstić information content (AvgIpc) is 3.08. The van der Waals surface area contributed by atoms with E-state index < -0.39 is 6.10 Å². The third-order valence-electron chi connectivity index (χ3n) is 4.06. The average molecular weight is 304 g/mol. The third-order valence-corrected chi connectivity index (χ3v) is 4.06. The topological polar surface area (TPSA) is 50.8 Å². The molecule has 1 aliphatic rings. The van der Waals surface area contributed by atoms with Crippen LogP contribution in [0.3, 0.4) is 0 Å². The number of aliphatic hydroxyl groups is 1. The zero-order valence-corrected chi connectivity index (χ0v) is 13.0. The summed E-state index contributed by atoms with van der Waals surface area (Å²) in [4.78, 5) is 2.36. The number of hydrogen-bond donors (Lipinski definition) is 1. The van der Waals surface area contributed by atoms with E-state index in [0.717, 1.165) is 12.3 Å². The van der Waals surface area contributed by atoms with Crippen LogP contribution in [0.15, 0.2) is 41.1 Å². The zero-order valence-electron chi connectivity index (χ0n) is 13.0. The second-order valence-corrected chi connectivity index (χ2v) is 6.02. The molecular weight excluding hydrogens is 280 g/mol. The number of aromatic nitrogens is 1. The molecule has 1 aliphatic carbocycles. The molecule has 5 nitrogen and oxygen atoms in total. The quantitative estimate of drug-likeness (QED) is 0.771. The molecule has 1 unspecified atom stereocenters. The highest BCUT2D eigenvalue weighted by molar-refractivity contribution is 5.07. The van der Waals surface area contributed by atoms with Crippen LogP contribution < -0.4 is 0 Å². The number of rotatable bonds is 9. The van der Waals surface area contributed by atoms with E-state index in [0.29, 0.717) is 25.8 Å². The zero-order chi connectivity index (χ0) is 15.4. The Morgan fingerprint density at radius 2 is 2.27 bits per heavy atom. The van der Waals surface area contributed by atoms with Crippen LogP contribution in [0.5, 0.6) is 0 Å². The minimum absolute atomic E-state index is 0.330. The van der Waals surface area contributed by atoms with Gasteiger partial charge in [-0.15, -0.1) is 0 Å². The Morgan fingerprint density at radius 1 is 1.41 bits per heavy atom. The molecule has 2 heterocycles. The van der Waals surface area contributed by atoms with Crippen molar-refractivity contribution in [3.8, 4) is 0 Å². The number of ether oxygens (including phenoxy) is 1. The largest absolute Gasteiger partial charge is 0.467 e. The Hall–Kier alpha value is -1.56. The van der Waals surface area contributed by atoms with Crippen LogP contribution in [0.1, 0.15) is 24.3 Å². The van der Waals surface area contributed by atoms with Gasteiger partial charge in [-0.2, -0.15) is 0 Å². The van der Waals surface area contributed by atoms with Crippen LogP contribution in [0, 0.1) is 0 Å². The van der Waals surface area contributed by atoms with Gasteiger partial charge in [0.15, 0.2) is 0 Å². The molecule has 0 radical (unpaired) electrons. The van der Waals surface area contributed by atoms with Gasteiger partial charge in [0.25, 0.3) is 0 Å². The van der Waals surface area contributed by atoms with Crippen molar-refractivity contribution < 1.29 is 14.3 Å². The molecule has 1 saturated carbocycles. The lowest BCUT2D eigenvalue weighted by molar-refractivity contribution is 0.00218. The molecule has 120 valence electrons. The predicted octanol–water partition coefficient (Wildman–Crippen LogP) is 2.16. The molecule has 3 rings (SSSR count). The minimum atomic E-state index is -0.476. The monoisotopic (exact) mass is 304 g/mol. The number of aliphatic hydroxyl groups excluding tert-OH is 1. The van der Waals surface area contributed by atoms with Crippen molar-refractivity contribution in [2.45, 2.75) is 38.1 Å². The molecule has 1 N–H and O–H groups in total. The molecule has 0 aliphatic heterocycles. The first-order valence-corrected chi connectivity index (χ1v) is 7.85. The summed E-state index contributed by atoms with van der Waals surface area (Å²) >= 11 is 0. The lowest BCUT2D eigenvalue weighted by Gasteiger charge is -2.25. The van der Waals surface area contributed by atoms with Crippen LogP contribution in [-0.4, -0.2) is 39.9 Å². The molecule has 22 heavy (non-hydrogen) atoms. The molecule has 2 aromatic rings. The van der Waals surface area contributed by atoms with Crippen LogP contribution in [0.4, 0.5) is 0 Å². The number of furan rings is 1. The van der Waals surface area contributed by atoms with Gasteiger partial charge in [0.2, 0.25) is 0 Å². The number of aryl methyl sites for hydroxylation is 1. The highest BCUT2D eigenvalue weighted by atomic mass is 16.5. The van der Waals surface area contributed by atoms with Crippen molar-refractivity contribution in [2.24, 2.45) is 7.05 Å². The van der Waals surface area contributed by atoms with Gasteiger partial charge in [-0.25, -0.2) is 0 Å². The normalized spacial score (nSPS) is 16.3. The maximum Gasteiger partial charge on any atom is 0.129 e. The second kappa shape index (κ2) is 7.13. The summed E-state index contributed by atoms with van der Waals surface area (Å²) in [5.74, 6) is 0.787. The van der Waals surface area contributed by atoms with E-state index in [4.69, 9.17) is 9.15 Å². The fraction of sp³-hybridized carbons (Fsp3) is 0.529. The minimum Gasteiger partial charge on any atom is -0.467 e. The summed E-state index contributed by atoms with van der Waals surface area (Å²) in [6.45, 7) is 2.26. The van der Waals surface area contributed by atoms with Crippen molar-refractivity contribution in [1.29, 1.82) is 0 Å². The van der Waals surface area contributed by atoms with Gasteiger partial charge in [-0.3, -0.25) is 4.90 Å². The lowest BCUT2D eigenvalue weighted by atomic mass is 10.3. The fourth-order valence-corrected chi connectivity index (χ4v) is 2.66. The molecule has 0 spiro atoms. The van der Waals surface area contributed by atoms with Gasteiger partial charge < -0.3 is 18.8 Å². The fourth-order valence-electron chi connectivity index (χ4n) is 2.66. The van der Waals surface area contributed by atoms with Gasteiger partial charge in [0.1, 0.15) is 12.4 Å². The summed E-state index contributed by atoms with van der Waals surface area (Å²) in [5.41, 5.74) is 1.27. The van der Waals surface area contributed by atoms with Gasteiger partial charge in [-0.1, -0.05) is 0 Å². The van der Waals surface area contributed by atoms with Crippen molar-refractivity contribution in [2.75, 3.05) is 13.2 Å². The standard InChI is InChI=1S/C17H24N2O3/c1-18-8-2-4-15(18)10-19(14-6-7-14)11-16(20)12-21-13-17-5-3-9-22-17/h2-5,8-9,14,16,20H,6-7,10-13H2,1H3. The molecule has 5 heteroatoms. The maximum atomic E-state index is 10.2. The Balaban J connectivity index is 1.45. The Bertz CT molecular complexity index is 560. The first-order valence-electron chi connectivity index (χ1n) is 7.85. The molecule has 1 atom stereocenters. The van der Waals surface area contributed by atoms with E-state index in [9.17, 15) is 5.11 Å². The van der Waals surface area contributed by atoms with Gasteiger partial charge in [0, 0.05) is 38.1 Å². The molecular formula is C17H24N2O3. The van der Waals surface area contributed by atoms with Crippen LogP contribution in [0.25, 0.3) is 0 Å². The number of hydrogen-bond acceptors (Lipinski definition) is 4. The first kappa shape index (κ1) is 15.3. The van der Waals surface area contributed by atoms with E-state index in [-0.39, 0.29) is 0 Å². The van der Waals surface area contributed by atoms with Crippen molar-refractivity contribution in [3.05, 3.63) is 48.2 Å². The molecule has 0 amide bonds. The highest BCUT2D eigenvalue weighted by Crippen LogP contribution is 2.28. The summed E-state index contributed by atoms with van der Waals surface area (Å²) in [6.07, 6.45) is 5.66. The molecule has 1 fully saturated rings. The summed E-state index contributed by atoms with van der Waals surface area (Å²) in [5, 5.41) is 10.2.